The van der Waals surface area contributed by atoms with Gasteiger partial charge in [-0.1, -0.05) is 12.2 Å². The van der Waals surface area contributed by atoms with Gasteiger partial charge in [-0.05, 0) is 52.9 Å². The molecule has 0 bridgehead atoms. The number of hydrogen-bond acceptors (Lipinski definition) is 2. The van der Waals surface area contributed by atoms with Gasteiger partial charge in [0.1, 0.15) is 10.7 Å². The number of benzene rings is 1. The maximum Gasteiger partial charge on any atom is 0.120 e. The molecule has 1 aromatic carbocycles. The largest absolute Gasteiger partial charge is 0.493 e. The van der Waals surface area contributed by atoms with E-state index in [-0.39, 0.29) is 0 Å². The lowest BCUT2D eigenvalue weighted by Gasteiger charge is -2.07. The smallest absolute Gasteiger partial charge is 0.120 e. The van der Waals surface area contributed by atoms with Gasteiger partial charge in [-0.25, -0.2) is 0 Å². The highest BCUT2D eigenvalue weighted by molar-refractivity contribution is 9.10. The number of ether oxygens (including phenoxy) is 1. The van der Waals surface area contributed by atoms with Crippen molar-refractivity contribution < 1.29 is 4.74 Å². The topological polar surface area (TPSA) is 35.2 Å². The molecule has 0 aliphatic heterocycles. The minimum absolute atomic E-state index is 0.399. The monoisotopic (exact) mass is 285 g/mol. The number of hydrogen-bond donors (Lipinski definition) is 1. The average Bonchev–Trinajstić information content (AvgIpc) is 2.97. The van der Waals surface area contributed by atoms with Gasteiger partial charge < -0.3 is 10.5 Å². The van der Waals surface area contributed by atoms with E-state index in [1.54, 1.807) is 0 Å². The molecule has 0 radical (unpaired) electrons. The van der Waals surface area contributed by atoms with Crippen LogP contribution in [0.4, 0.5) is 0 Å². The Balaban J connectivity index is 2.06. The Kier molecular flexibility index (Phi) is 3.26. The molecule has 1 aromatic rings. The number of halogens is 1. The molecule has 0 amide bonds. The molecule has 2 nitrogen and oxygen atoms in total. The SMILES string of the molecule is NC(=S)c1ccc(OCC2CC2)cc1Br. The zero-order valence-electron chi connectivity index (χ0n) is 8.20. The van der Waals surface area contributed by atoms with E-state index in [9.17, 15) is 0 Å². The van der Waals surface area contributed by atoms with E-state index < -0.39 is 0 Å². The Hall–Kier alpha value is -0.610. The van der Waals surface area contributed by atoms with Crippen molar-refractivity contribution >= 4 is 33.1 Å². The Morgan fingerprint density at radius 2 is 2.27 bits per heavy atom. The lowest BCUT2D eigenvalue weighted by Crippen LogP contribution is -2.10. The number of rotatable bonds is 4. The molecule has 2 rings (SSSR count). The summed E-state index contributed by atoms with van der Waals surface area (Å²) >= 11 is 8.34. The van der Waals surface area contributed by atoms with Crippen LogP contribution in [0, 0.1) is 5.92 Å². The summed E-state index contributed by atoms with van der Waals surface area (Å²) in [6, 6.07) is 5.70. The van der Waals surface area contributed by atoms with E-state index in [0.717, 1.165) is 28.3 Å². The van der Waals surface area contributed by atoms with Crippen LogP contribution in [0.1, 0.15) is 18.4 Å². The highest BCUT2D eigenvalue weighted by Crippen LogP contribution is 2.30. The Morgan fingerprint density at radius 3 is 2.80 bits per heavy atom. The van der Waals surface area contributed by atoms with Gasteiger partial charge >= 0.3 is 0 Å². The molecule has 0 spiro atoms. The van der Waals surface area contributed by atoms with Gasteiger partial charge in [0, 0.05) is 10.0 Å². The van der Waals surface area contributed by atoms with Crippen molar-refractivity contribution in [3.63, 3.8) is 0 Å². The molecule has 1 fully saturated rings. The van der Waals surface area contributed by atoms with Crippen molar-refractivity contribution in [3.05, 3.63) is 28.2 Å². The molecule has 0 aromatic heterocycles. The van der Waals surface area contributed by atoms with E-state index in [2.05, 4.69) is 15.9 Å². The average molecular weight is 286 g/mol. The van der Waals surface area contributed by atoms with Gasteiger partial charge in [0.25, 0.3) is 0 Å². The van der Waals surface area contributed by atoms with Crippen molar-refractivity contribution in [1.29, 1.82) is 0 Å². The molecule has 4 heteroatoms. The van der Waals surface area contributed by atoms with Gasteiger partial charge in [-0.2, -0.15) is 0 Å². The maximum absolute atomic E-state index is 5.63. The van der Waals surface area contributed by atoms with Crippen molar-refractivity contribution in [2.24, 2.45) is 11.7 Å². The summed E-state index contributed by atoms with van der Waals surface area (Å²) in [5.74, 6) is 1.63. The quantitative estimate of drug-likeness (QED) is 0.864. The van der Waals surface area contributed by atoms with Crippen LogP contribution in [0.3, 0.4) is 0 Å². The lowest BCUT2D eigenvalue weighted by molar-refractivity contribution is 0.299. The van der Waals surface area contributed by atoms with Crippen LogP contribution in [0.15, 0.2) is 22.7 Å². The van der Waals surface area contributed by atoms with E-state index in [0.29, 0.717) is 4.99 Å². The first-order valence-corrected chi connectivity index (χ1v) is 6.09. The first kappa shape index (κ1) is 10.9. The van der Waals surface area contributed by atoms with Crippen LogP contribution in [-0.2, 0) is 0 Å². The lowest BCUT2D eigenvalue weighted by atomic mass is 10.2. The minimum Gasteiger partial charge on any atom is -0.493 e. The van der Waals surface area contributed by atoms with Crippen LogP contribution in [-0.4, -0.2) is 11.6 Å². The zero-order chi connectivity index (χ0) is 10.8. The molecule has 1 saturated carbocycles. The van der Waals surface area contributed by atoms with Gasteiger partial charge in [0.15, 0.2) is 0 Å². The third-order valence-corrected chi connectivity index (χ3v) is 3.26. The molecule has 1 aliphatic rings. The second-order valence-corrected chi connectivity index (χ2v) is 5.05. The highest BCUT2D eigenvalue weighted by atomic mass is 79.9. The minimum atomic E-state index is 0.399. The molecular formula is C11H12BrNOS. The first-order valence-electron chi connectivity index (χ1n) is 4.89. The summed E-state index contributed by atoms with van der Waals surface area (Å²) in [7, 11) is 0. The first-order chi connectivity index (χ1) is 7.16. The molecule has 2 N–H and O–H groups in total. The molecule has 0 saturated heterocycles. The number of nitrogens with two attached hydrogens (primary N) is 1. The molecule has 1 aliphatic carbocycles. The van der Waals surface area contributed by atoms with Crippen molar-refractivity contribution in [2.45, 2.75) is 12.8 Å². The van der Waals surface area contributed by atoms with Crippen molar-refractivity contribution in [1.82, 2.24) is 0 Å². The van der Waals surface area contributed by atoms with Crippen LogP contribution in [0.2, 0.25) is 0 Å². The van der Waals surface area contributed by atoms with Gasteiger partial charge in [-0.3, -0.25) is 0 Å². The standard InChI is InChI=1S/C11H12BrNOS/c12-10-5-8(14-6-7-1-2-7)3-4-9(10)11(13)15/h3-5,7H,1-2,6H2,(H2,13,15). The van der Waals surface area contributed by atoms with E-state index in [1.165, 1.54) is 12.8 Å². The van der Waals surface area contributed by atoms with Crippen molar-refractivity contribution in [2.75, 3.05) is 6.61 Å². The zero-order valence-corrected chi connectivity index (χ0v) is 10.6. The highest BCUT2D eigenvalue weighted by Gasteiger charge is 2.21. The summed E-state index contributed by atoms with van der Waals surface area (Å²) in [4.78, 5) is 0.399. The third kappa shape index (κ3) is 2.92. The second kappa shape index (κ2) is 4.49. The molecule has 80 valence electrons. The van der Waals surface area contributed by atoms with Crippen molar-refractivity contribution in [3.8, 4) is 5.75 Å². The summed E-state index contributed by atoms with van der Waals surface area (Å²) in [6.45, 7) is 0.818. The molecular weight excluding hydrogens is 274 g/mol. The van der Waals surface area contributed by atoms with Crippen LogP contribution in [0.25, 0.3) is 0 Å². The van der Waals surface area contributed by atoms with Gasteiger partial charge in [-0.15, -0.1) is 0 Å². The van der Waals surface area contributed by atoms with Crippen LogP contribution >= 0.6 is 28.1 Å². The fourth-order valence-electron chi connectivity index (χ4n) is 1.28. The third-order valence-electron chi connectivity index (χ3n) is 2.39. The fourth-order valence-corrected chi connectivity index (χ4v) is 2.16. The van der Waals surface area contributed by atoms with Gasteiger partial charge in [0.05, 0.1) is 6.61 Å². The maximum atomic E-state index is 5.63. The normalized spacial score (nSPS) is 15.0. The van der Waals surface area contributed by atoms with Crippen LogP contribution < -0.4 is 10.5 Å². The number of thiocarbonyl (C=S) groups is 1. The van der Waals surface area contributed by atoms with E-state index >= 15 is 0 Å². The van der Waals surface area contributed by atoms with E-state index in [1.807, 2.05) is 18.2 Å². The summed E-state index contributed by atoms with van der Waals surface area (Å²) in [5.41, 5.74) is 6.41. The summed E-state index contributed by atoms with van der Waals surface area (Å²) in [5, 5.41) is 0. The Labute approximate surface area is 103 Å². The summed E-state index contributed by atoms with van der Waals surface area (Å²) in [6.07, 6.45) is 2.60. The molecule has 0 heterocycles. The molecule has 0 atom stereocenters. The predicted octanol–water partition coefficient (Wildman–Crippen LogP) is 2.87. The summed E-state index contributed by atoms with van der Waals surface area (Å²) < 4.78 is 6.52. The predicted molar refractivity (Wildman–Crippen MR) is 68.2 cm³/mol. The second-order valence-electron chi connectivity index (χ2n) is 3.76. The Morgan fingerprint density at radius 1 is 1.53 bits per heavy atom. The van der Waals surface area contributed by atoms with E-state index in [4.69, 9.17) is 22.7 Å². The fraction of sp³-hybridized carbons (Fsp3) is 0.364. The molecule has 15 heavy (non-hydrogen) atoms. The van der Waals surface area contributed by atoms with Crippen LogP contribution in [0.5, 0.6) is 5.75 Å². The van der Waals surface area contributed by atoms with Gasteiger partial charge in [0.2, 0.25) is 0 Å². The molecule has 0 unspecified atom stereocenters. The Bertz CT molecular complexity index is 390.